The molecular weight excluding hydrogens is 224 g/mol. The SMILES string of the molecule is C=C(C)C(=O)OC(CCC=O)S(=O)(=O)O. The van der Waals surface area contributed by atoms with Crippen molar-refractivity contribution >= 4 is 22.4 Å². The second kappa shape index (κ2) is 5.62. The van der Waals surface area contributed by atoms with Crippen LogP contribution in [-0.4, -0.2) is 30.7 Å². The third kappa shape index (κ3) is 5.28. The molecular formula is C8H12O6S. The molecule has 6 nitrogen and oxygen atoms in total. The van der Waals surface area contributed by atoms with Gasteiger partial charge in [0.05, 0.1) is 0 Å². The van der Waals surface area contributed by atoms with Crippen molar-refractivity contribution in [3.63, 3.8) is 0 Å². The highest BCUT2D eigenvalue weighted by molar-refractivity contribution is 7.86. The largest absolute Gasteiger partial charge is 0.440 e. The Morgan fingerprint density at radius 1 is 1.60 bits per heavy atom. The van der Waals surface area contributed by atoms with Gasteiger partial charge in [0, 0.05) is 18.4 Å². The van der Waals surface area contributed by atoms with Crippen LogP contribution in [0, 0.1) is 0 Å². The molecule has 0 aromatic rings. The van der Waals surface area contributed by atoms with E-state index < -0.39 is 21.5 Å². The van der Waals surface area contributed by atoms with Crippen LogP contribution in [0.1, 0.15) is 19.8 Å². The minimum Gasteiger partial charge on any atom is -0.440 e. The van der Waals surface area contributed by atoms with Crippen LogP contribution in [-0.2, 0) is 24.4 Å². The maximum atomic E-state index is 11.0. The summed E-state index contributed by atoms with van der Waals surface area (Å²) in [6, 6.07) is 0. The van der Waals surface area contributed by atoms with Crippen LogP contribution in [0.5, 0.6) is 0 Å². The zero-order chi connectivity index (χ0) is 12.1. The zero-order valence-electron chi connectivity index (χ0n) is 8.17. The highest BCUT2D eigenvalue weighted by atomic mass is 32.2. The molecule has 0 bridgehead atoms. The first kappa shape index (κ1) is 13.8. The summed E-state index contributed by atoms with van der Waals surface area (Å²) in [5.74, 6) is -0.927. The van der Waals surface area contributed by atoms with E-state index in [9.17, 15) is 18.0 Å². The van der Waals surface area contributed by atoms with Gasteiger partial charge in [-0.25, -0.2) is 4.79 Å². The average Bonchev–Trinajstić information content (AvgIpc) is 2.09. The smallest absolute Gasteiger partial charge is 0.334 e. The fourth-order valence-corrected chi connectivity index (χ4v) is 1.34. The lowest BCUT2D eigenvalue weighted by Gasteiger charge is -2.13. The summed E-state index contributed by atoms with van der Waals surface area (Å²) in [6.45, 7) is 4.59. The van der Waals surface area contributed by atoms with Crippen LogP contribution in [0.15, 0.2) is 12.2 Å². The average molecular weight is 236 g/mol. The van der Waals surface area contributed by atoms with Gasteiger partial charge in [0.1, 0.15) is 6.29 Å². The molecule has 0 saturated carbocycles. The van der Waals surface area contributed by atoms with Gasteiger partial charge in [-0.15, -0.1) is 0 Å². The minimum absolute atomic E-state index is 0.00903. The predicted molar refractivity (Wildman–Crippen MR) is 51.5 cm³/mol. The summed E-state index contributed by atoms with van der Waals surface area (Å²) in [4.78, 5) is 21.0. The summed E-state index contributed by atoms with van der Waals surface area (Å²) in [5.41, 5.74) is -1.71. The van der Waals surface area contributed by atoms with Crippen LogP contribution in [0.3, 0.4) is 0 Å². The third-order valence-corrected chi connectivity index (χ3v) is 2.44. The molecule has 0 radical (unpaired) electrons. The van der Waals surface area contributed by atoms with Crippen molar-refractivity contribution in [1.82, 2.24) is 0 Å². The molecule has 0 rings (SSSR count). The summed E-state index contributed by atoms with van der Waals surface area (Å²) in [7, 11) is -4.51. The van der Waals surface area contributed by atoms with E-state index in [2.05, 4.69) is 11.3 Å². The molecule has 15 heavy (non-hydrogen) atoms. The first-order valence-corrected chi connectivity index (χ1v) is 5.55. The number of rotatable bonds is 6. The second-order valence-corrected chi connectivity index (χ2v) is 4.43. The van der Waals surface area contributed by atoms with E-state index >= 15 is 0 Å². The molecule has 0 spiro atoms. The van der Waals surface area contributed by atoms with E-state index in [0.717, 1.165) is 0 Å². The van der Waals surface area contributed by atoms with E-state index in [4.69, 9.17) is 4.55 Å². The van der Waals surface area contributed by atoms with Gasteiger partial charge in [-0.1, -0.05) is 6.58 Å². The molecule has 1 atom stereocenters. The Bertz CT molecular complexity index is 355. The van der Waals surface area contributed by atoms with Crippen LogP contribution in [0.25, 0.3) is 0 Å². The molecule has 86 valence electrons. The summed E-state index contributed by atoms with van der Waals surface area (Å²) in [5, 5.41) is 0. The lowest BCUT2D eigenvalue weighted by Crippen LogP contribution is -2.27. The van der Waals surface area contributed by atoms with Crippen LogP contribution in [0.2, 0.25) is 0 Å². The number of carbonyl (C=O) groups excluding carboxylic acids is 2. The topological polar surface area (TPSA) is 97.7 Å². The summed E-state index contributed by atoms with van der Waals surface area (Å²) < 4.78 is 34.6. The Morgan fingerprint density at radius 3 is 2.47 bits per heavy atom. The first-order valence-electron chi connectivity index (χ1n) is 4.05. The monoisotopic (exact) mass is 236 g/mol. The van der Waals surface area contributed by atoms with Crippen molar-refractivity contribution < 1.29 is 27.3 Å². The van der Waals surface area contributed by atoms with Gasteiger partial charge in [-0.3, -0.25) is 4.55 Å². The van der Waals surface area contributed by atoms with Gasteiger partial charge < -0.3 is 9.53 Å². The van der Waals surface area contributed by atoms with Gasteiger partial charge in [0.15, 0.2) is 0 Å². The van der Waals surface area contributed by atoms with Crippen LogP contribution < -0.4 is 0 Å². The number of aldehydes is 1. The first-order chi connectivity index (χ1) is 6.79. The Labute approximate surface area is 87.7 Å². The van der Waals surface area contributed by atoms with Crippen LogP contribution >= 0.6 is 0 Å². The van der Waals surface area contributed by atoms with Crippen molar-refractivity contribution in [2.45, 2.75) is 25.2 Å². The predicted octanol–water partition coefficient (Wildman–Crippen LogP) is 0.299. The zero-order valence-corrected chi connectivity index (χ0v) is 8.99. The number of hydrogen-bond acceptors (Lipinski definition) is 5. The normalized spacial score (nSPS) is 12.9. The van der Waals surface area contributed by atoms with Crippen molar-refractivity contribution in [2.24, 2.45) is 0 Å². The third-order valence-electron chi connectivity index (χ3n) is 1.44. The molecule has 0 fully saturated rings. The molecule has 7 heteroatoms. The number of carbonyl (C=O) groups is 2. The Hall–Kier alpha value is -1.21. The standard InChI is InChI=1S/C8H12O6S/c1-6(2)8(10)14-7(4-3-5-9)15(11,12)13/h5,7H,1,3-4H2,2H3,(H,11,12,13). The van der Waals surface area contributed by atoms with Gasteiger partial charge in [-0.05, 0) is 6.92 Å². The molecule has 0 aliphatic heterocycles. The fourth-order valence-electron chi connectivity index (χ4n) is 0.693. The number of ether oxygens (including phenoxy) is 1. The lowest BCUT2D eigenvalue weighted by atomic mass is 10.3. The van der Waals surface area contributed by atoms with E-state index in [0.29, 0.717) is 6.29 Å². The second-order valence-electron chi connectivity index (χ2n) is 2.87. The molecule has 0 heterocycles. The van der Waals surface area contributed by atoms with Gasteiger partial charge in [-0.2, -0.15) is 8.42 Å². The van der Waals surface area contributed by atoms with E-state index in [1.807, 2.05) is 0 Å². The molecule has 0 aromatic heterocycles. The summed E-state index contributed by atoms with van der Waals surface area (Å²) in [6.07, 6.45) is 0.0576. The number of esters is 1. The van der Waals surface area contributed by atoms with Crippen molar-refractivity contribution in [3.05, 3.63) is 12.2 Å². The minimum atomic E-state index is -4.51. The molecule has 0 aromatic carbocycles. The van der Waals surface area contributed by atoms with E-state index in [1.165, 1.54) is 6.92 Å². The van der Waals surface area contributed by atoms with Crippen molar-refractivity contribution in [2.75, 3.05) is 0 Å². The molecule has 0 aliphatic carbocycles. The van der Waals surface area contributed by atoms with Gasteiger partial charge in [0.2, 0.25) is 5.44 Å². The van der Waals surface area contributed by atoms with Crippen molar-refractivity contribution in [3.8, 4) is 0 Å². The molecule has 1 unspecified atom stereocenters. The maximum absolute atomic E-state index is 11.0. The molecule has 1 N–H and O–H groups in total. The quantitative estimate of drug-likeness (QED) is 0.308. The van der Waals surface area contributed by atoms with E-state index in [-0.39, 0.29) is 18.4 Å². The molecule has 0 amide bonds. The summed E-state index contributed by atoms with van der Waals surface area (Å²) >= 11 is 0. The van der Waals surface area contributed by atoms with E-state index in [1.54, 1.807) is 0 Å². The Balaban J connectivity index is 4.59. The Morgan fingerprint density at radius 2 is 2.13 bits per heavy atom. The Kier molecular flexibility index (Phi) is 5.16. The highest BCUT2D eigenvalue weighted by Crippen LogP contribution is 2.10. The fraction of sp³-hybridized carbons (Fsp3) is 0.500. The number of hydrogen-bond donors (Lipinski definition) is 1. The van der Waals surface area contributed by atoms with Gasteiger partial charge in [0.25, 0.3) is 0 Å². The molecule has 0 aliphatic rings. The highest BCUT2D eigenvalue weighted by Gasteiger charge is 2.26. The van der Waals surface area contributed by atoms with Crippen molar-refractivity contribution in [1.29, 1.82) is 0 Å². The van der Waals surface area contributed by atoms with Gasteiger partial charge >= 0.3 is 16.1 Å². The lowest BCUT2D eigenvalue weighted by molar-refractivity contribution is -0.141. The maximum Gasteiger partial charge on any atom is 0.334 e. The molecule has 0 saturated heterocycles. The van der Waals surface area contributed by atoms with Crippen LogP contribution in [0.4, 0.5) is 0 Å².